The predicted octanol–water partition coefficient (Wildman–Crippen LogP) is 3.82. The van der Waals surface area contributed by atoms with Gasteiger partial charge in [-0.2, -0.15) is 0 Å². The summed E-state index contributed by atoms with van der Waals surface area (Å²) >= 11 is 1.22. The van der Waals surface area contributed by atoms with Gasteiger partial charge in [-0.05, 0) is 31.0 Å². The maximum atomic E-state index is 13.7. The second-order valence-electron chi connectivity index (χ2n) is 7.25. The van der Waals surface area contributed by atoms with E-state index in [-0.39, 0.29) is 41.8 Å². The Morgan fingerprint density at radius 2 is 2.06 bits per heavy atom. The molecule has 4 N–H and O–H groups in total. The molecule has 1 saturated carbocycles. The lowest BCUT2D eigenvalue weighted by Crippen LogP contribution is -2.29. The summed E-state index contributed by atoms with van der Waals surface area (Å²) in [6.07, 6.45) is 0.725. The van der Waals surface area contributed by atoms with Crippen molar-refractivity contribution in [2.24, 2.45) is 5.73 Å². The molecular weight excluding hydrogens is 467 g/mol. The van der Waals surface area contributed by atoms with Gasteiger partial charge in [-0.3, -0.25) is 4.79 Å². The zero-order valence-electron chi connectivity index (χ0n) is 16.9. The summed E-state index contributed by atoms with van der Waals surface area (Å²) in [5.41, 5.74) is 6.71. The van der Waals surface area contributed by atoms with E-state index >= 15 is 0 Å². The number of benzene rings is 1. The zero-order chi connectivity index (χ0) is 22.1. The molecule has 1 aromatic carbocycles. The summed E-state index contributed by atoms with van der Waals surface area (Å²) in [5, 5.41) is 6.51. The lowest BCUT2D eigenvalue weighted by Gasteiger charge is -2.17. The standard InChI is InChI=1S/C20H20F3N5O2S.ClH/c1-9-16-18(27-13-3-2-10(23)4-15(13)30-11(6-21)7-22)25-8-26-20(16)31-17(9)19(29)28-14-5-12(14)24;/h2-4,8,11-12,14H,5-7,24H2,1H3,(H,28,29)(H,25,26,27);1H. The van der Waals surface area contributed by atoms with Gasteiger partial charge >= 0.3 is 0 Å². The summed E-state index contributed by atoms with van der Waals surface area (Å²) in [4.78, 5) is 22.2. The molecule has 2 atom stereocenters. The highest BCUT2D eigenvalue weighted by Crippen LogP contribution is 2.37. The van der Waals surface area contributed by atoms with E-state index in [1.54, 1.807) is 6.92 Å². The number of alkyl halides is 2. The number of hydrogen-bond acceptors (Lipinski definition) is 7. The van der Waals surface area contributed by atoms with Crippen molar-refractivity contribution in [3.63, 3.8) is 0 Å². The van der Waals surface area contributed by atoms with Crippen LogP contribution in [-0.4, -0.2) is 47.4 Å². The summed E-state index contributed by atoms with van der Waals surface area (Å²) < 4.78 is 44.8. The Morgan fingerprint density at radius 3 is 2.72 bits per heavy atom. The highest BCUT2D eigenvalue weighted by molar-refractivity contribution is 7.20. The molecule has 1 aliphatic rings. The van der Waals surface area contributed by atoms with Gasteiger partial charge in [0.05, 0.1) is 16.0 Å². The molecule has 1 aliphatic carbocycles. The van der Waals surface area contributed by atoms with Crippen LogP contribution < -0.4 is 21.1 Å². The topological polar surface area (TPSA) is 102 Å². The maximum Gasteiger partial charge on any atom is 0.261 e. The van der Waals surface area contributed by atoms with Crippen LogP contribution in [0.25, 0.3) is 10.2 Å². The minimum atomic E-state index is -1.35. The summed E-state index contributed by atoms with van der Waals surface area (Å²) in [7, 11) is 0. The van der Waals surface area contributed by atoms with Crippen molar-refractivity contribution in [1.82, 2.24) is 15.3 Å². The quantitative estimate of drug-likeness (QED) is 0.446. The van der Waals surface area contributed by atoms with Crippen LogP contribution in [0.4, 0.5) is 24.7 Å². The van der Waals surface area contributed by atoms with Crippen LogP contribution in [0.15, 0.2) is 24.5 Å². The van der Waals surface area contributed by atoms with Crippen molar-refractivity contribution in [3.05, 3.63) is 40.8 Å². The number of amides is 1. The molecule has 0 saturated heterocycles. The number of fused-ring (bicyclic) bond motifs is 1. The molecule has 3 aromatic rings. The molecular formula is C20H21ClF3N5O2S. The third-order valence-corrected chi connectivity index (χ3v) is 6.12. The SMILES string of the molecule is Cc1c(C(=O)NC2CC2N)sc2ncnc(Nc3ccc(F)cc3OC(CF)CF)c12.Cl. The van der Waals surface area contributed by atoms with Crippen molar-refractivity contribution in [3.8, 4) is 5.75 Å². The Morgan fingerprint density at radius 1 is 1.34 bits per heavy atom. The zero-order valence-corrected chi connectivity index (χ0v) is 18.5. The number of halogens is 4. The van der Waals surface area contributed by atoms with Crippen LogP contribution in [0.3, 0.4) is 0 Å². The van der Waals surface area contributed by atoms with E-state index in [0.29, 0.717) is 26.5 Å². The van der Waals surface area contributed by atoms with Crippen LogP contribution >= 0.6 is 23.7 Å². The number of anilines is 2. The molecule has 4 rings (SSSR count). The minimum Gasteiger partial charge on any atom is -0.483 e. The third-order valence-electron chi connectivity index (χ3n) is 4.92. The highest BCUT2D eigenvalue weighted by atomic mass is 35.5. The van der Waals surface area contributed by atoms with E-state index < -0.39 is 25.3 Å². The van der Waals surface area contributed by atoms with Crippen LogP contribution in [0.5, 0.6) is 5.75 Å². The Bertz CT molecular complexity index is 1130. The Balaban J connectivity index is 0.00000289. The summed E-state index contributed by atoms with van der Waals surface area (Å²) in [6.45, 7) is -0.340. The number of nitrogens with one attached hydrogen (secondary N) is 2. The van der Waals surface area contributed by atoms with Crippen LogP contribution in [-0.2, 0) is 0 Å². The summed E-state index contributed by atoms with van der Waals surface area (Å²) in [6, 6.07) is 3.56. The smallest absolute Gasteiger partial charge is 0.261 e. The lowest BCUT2D eigenvalue weighted by atomic mass is 10.2. The molecule has 1 amide bonds. The number of aryl methyl sites for hydroxylation is 1. The van der Waals surface area contributed by atoms with Gasteiger partial charge in [0.25, 0.3) is 5.91 Å². The maximum absolute atomic E-state index is 13.7. The molecule has 12 heteroatoms. The van der Waals surface area contributed by atoms with Crippen molar-refractivity contribution in [2.45, 2.75) is 31.5 Å². The Kier molecular flexibility index (Phi) is 7.42. The molecule has 2 heterocycles. The molecule has 7 nitrogen and oxygen atoms in total. The van der Waals surface area contributed by atoms with Crippen LogP contribution in [0, 0.1) is 12.7 Å². The van der Waals surface area contributed by atoms with Gasteiger partial charge in [-0.1, -0.05) is 0 Å². The molecule has 0 spiro atoms. The highest BCUT2D eigenvalue weighted by Gasteiger charge is 2.35. The number of carbonyl (C=O) groups is 1. The first-order chi connectivity index (χ1) is 14.9. The van der Waals surface area contributed by atoms with Gasteiger partial charge in [0.1, 0.15) is 41.9 Å². The van der Waals surface area contributed by atoms with Crippen LogP contribution in [0.2, 0.25) is 0 Å². The fraction of sp³-hybridized carbons (Fsp3) is 0.350. The Hall–Kier alpha value is -2.63. The van der Waals surface area contributed by atoms with E-state index in [9.17, 15) is 18.0 Å². The number of carbonyl (C=O) groups excluding carboxylic acids is 1. The van der Waals surface area contributed by atoms with E-state index in [2.05, 4.69) is 20.6 Å². The molecule has 2 unspecified atom stereocenters. The molecule has 32 heavy (non-hydrogen) atoms. The average Bonchev–Trinajstić information content (AvgIpc) is 3.33. The van der Waals surface area contributed by atoms with Crippen molar-refractivity contribution >= 4 is 51.4 Å². The van der Waals surface area contributed by atoms with Gasteiger partial charge in [0, 0.05) is 18.2 Å². The van der Waals surface area contributed by atoms with Gasteiger partial charge < -0.3 is 21.1 Å². The van der Waals surface area contributed by atoms with Gasteiger partial charge in [0.15, 0.2) is 6.10 Å². The van der Waals surface area contributed by atoms with Crippen LogP contribution in [0.1, 0.15) is 21.7 Å². The number of nitrogens with zero attached hydrogens (tertiary/aromatic N) is 2. The first-order valence-corrected chi connectivity index (χ1v) is 10.4. The summed E-state index contributed by atoms with van der Waals surface area (Å²) in [5.74, 6) is -0.548. The number of ether oxygens (including phenoxy) is 1. The molecule has 2 aromatic heterocycles. The number of rotatable bonds is 8. The molecule has 0 radical (unpaired) electrons. The third kappa shape index (κ3) is 4.89. The van der Waals surface area contributed by atoms with Crippen molar-refractivity contribution in [2.75, 3.05) is 18.7 Å². The molecule has 0 aliphatic heterocycles. The van der Waals surface area contributed by atoms with Crippen molar-refractivity contribution < 1.29 is 22.7 Å². The van der Waals surface area contributed by atoms with Gasteiger partial charge in [0.2, 0.25) is 0 Å². The largest absolute Gasteiger partial charge is 0.483 e. The van der Waals surface area contributed by atoms with E-state index in [1.807, 2.05) is 0 Å². The van der Waals surface area contributed by atoms with Gasteiger partial charge in [-0.15, -0.1) is 23.7 Å². The monoisotopic (exact) mass is 487 g/mol. The number of hydrogen-bond donors (Lipinski definition) is 3. The number of aromatic nitrogens is 2. The molecule has 0 bridgehead atoms. The van der Waals surface area contributed by atoms with Crippen molar-refractivity contribution in [1.29, 1.82) is 0 Å². The van der Waals surface area contributed by atoms with E-state index in [4.69, 9.17) is 10.5 Å². The fourth-order valence-electron chi connectivity index (χ4n) is 3.11. The second kappa shape index (κ2) is 9.88. The first kappa shape index (κ1) is 24.0. The average molecular weight is 488 g/mol. The normalized spacial score (nSPS) is 17.2. The number of thiophene rings is 1. The van der Waals surface area contributed by atoms with E-state index in [1.165, 1.54) is 29.8 Å². The van der Waals surface area contributed by atoms with E-state index in [0.717, 1.165) is 12.5 Å². The second-order valence-corrected chi connectivity index (χ2v) is 8.25. The lowest BCUT2D eigenvalue weighted by molar-refractivity contribution is 0.0954. The predicted molar refractivity (Wildman–Crippen MR) is 119 cm³/mol. The molecule has 1 fully saturated rings. The van der Waals surface area contributed by atoms with Gasteiger partial charge in [-0.25, -0.2) is 23.1 Å². The first-order valence-electron chi connectivity index (χ1n) is 9.57. The minimum absolute atomic E-state index is 0. The fourth-order valence-corrected chi connectivity index (χ4v) is 4.16. The Labute approximate surface area is 192 Å². The number of nitrogens with two attached hydrogens (primary N) is 1. The molecule has 172 valence electrons.